The van der Waals surface area contributed by atoms with Crippen molar-refractivity contribution in [2.45, 2.75) is 78.1 Å². The van der Waals surface area contributed by atoms with Gasteiger partial charge >= 0.3 is 0 Å². The molecule has 5 unspecified atom stereocenters. The molecule has 0 saturated heterocycles. The number of allylic oxidation sites excluding steroid dienone is 4. The molecule has 1 heteroatoms. The average Bonchev–Trinajstić information content (AvgIpc) is 2.89. The highest BCUT2D eigenvalue weighted by atomic mass is 16.3. The van der Waals surface area contributed by atoms with Gasteiger partial charge in [0.2, 0.25) is 0 Å². The zero-order valence-electron chi connectivity index (χ0n) is 15.1. The summed E-state index contributed by atoms with van der Waals surface area (Å²) in [6.07, 6.45) is 18.0. The van der Waals surface area contributed by atoms with Crippen molar-refractivity contribution in [3.63, 3.8) is 0 Å². The summed E-state index contributed by atoms with van der Waals surface area (Å²) in [5.41, 5.74) is 2.34. The second kappa shape index (κ2) is 5.97. The standard InChI is InChI=1S/C22H34O/c1-3-4-5-16-7-11-21-20-9-6-15-14-17(23)8-10-18(15)19(20)12-13-22(16,21)2/h8,10,15-16,19-21,23H,3-7,9,11-14H2,1-2H3/t15?,16?,19?,20?,21?,22-/m1/s1. The molecular formula is C22H34O. The molecule has 0 aliphatic heterocycles. The van der Waals surface area contributed by atoms with Crippen molar-refractivity contribution in [2.24, 2.45) is 35.0 Å². The molecule has 23 heavy (non-hydrogen) atoms. The Morgan fingerprint density at radius 3 is 2.83 bits per heavy atom. The molecule has 0 bridgehead atoms. The minimum atomic E-state index is 0.610. The fraction of sp³-hybridized carbons (Fsp3) is 0.818. The zero-order valence-corrected chi connectivity index (χ0v) is 15.1. The van der Waals surface area contributed by atoms with Crippen LogP contribution in [0.15, 0.2) is 23.5 Å². The van der Waals surface area contributed by atoms with E-state index >= 15 is 0 Å². The summed E-state index contributed by atoms with van der Waals surface area (Å²) in [4.78, 5) is 0. The zero-order chi connectivity index (χ0) is 16.0. The van der Waals surface area contributed by atoms with Gasteiger partial charge in [-0.2, -0.15) is 0 Å². The van der Waals surface area contributed by atoms with Gasteiger partial charge < -0.3 is 5.11 Å². The van der Waals surface area contributed by atoms with Crippen molar-refractivity contribution in [3.8, 4) is 0 Å². The van der Waals surface area contributed by atoms with Crippen LogP contribution in [0.25, 0.3) is 0 Å². The second-order valence-corrected chi connectivity index (χ2v) is 9.14. The minimum absolute atomic E-state index is 0.610. The molecule has 0 spiro atoms. The van der Waals surface area contributed by atoms with Gasteiger partial charge in [-0.15, -0.1) is 0 Å². The van der Waals surface area contributed by atoms with Gasteiger partial charge in [-0.3, -0.25) is 0 Å². The highest BCUT2D eigenvalue weighted by molar-refractivity contribution is 5.29. The van der Waals surface area contributed by atoms with E-state index in [4.69, 9.17) is 0 Å². The summed E-state index contributed by atoms with van der Waals surface area (Å²) in [6, 6.07) is 0. The number of unbranched alkanes of at least 4 members (excludes halogenated alkanes) is 1. The van der Waals surface area contributed by atoms with Crippen molar-refractivity contribution in [1.82, 2.24) is 0 Å². The van der Waals surface area contributed by atoms with Crippen LogP contribution in [0.2, 0.25) is 0 Å². The molecule has 4 rings (SSSR count). The summed E-state index contributed by atoms with van der Waals surface area (Å²) in [7, 11) is 0. The van der Waals surface area contributed by atoms with E-state index < -0.39 is 0 Å². The van der Waals surface area contributed by atoms with Crippen molar-refractivity contribution in [3.05, 3.63) is 23.5 Å². The Morgan fingerprint density at radius 1 is 1.13 bits per heavy atom. The van der Waals surface area contributed by atoms with E-state index in [0.29, 0.717) is 17.1 Å². The molecule has 0 aromatic carbocycles. The van der Waals surface area contributed by atoms with Crippen LogP contribution in [0, 0.1) is 35.0 Å². The number of aliphatic hydroxyl groups excluding tert-OH is 1. The molecule has 4 aliphatic carbocycles. The Morgan fingerprint density at radius 2 is 2.00 bits per heavy atom. The predicted molar refractivity (Wildman–Crippen MR) is 96.2 cm³/mol. The molecule has 3 fully saturated rings. The van der Waals surface area contributed by atoms with Gasteiger partial charge in [0.25, 0.3) is 0 Å². The van der Waals surface area contributed by atoms with Crippen LogP contribution in [-0.4, -0.2) is 5.11 Å². The highest BCUT2D eigenvalue weighted by Crippen LogP contribution is 2.64. The monoisotopic (exact) mass is 314 g/mol. The van der Waals surface area contributed by atoms with E-state index in [1.54, 1.807) is 5.57 Å². The number of rotatable bonds is 3. The maximum atomic E-state index is 9.87. The molecule has 3 saturated carbocycles. The summed E-state index contributed by atoms with van der Waals surface area (Å²) >= 11 is 0. The molecule has 1 N–H and O–H groups in total. The number of hydrogen-bond donors (Lipinski definition) is 1. The fourth-order valence-corrected chi connectivity index (χ4v) is 6.99. The Hall–Kier alpha value is -0.720. The fourth-order valence-electron chi connectivity index (χ4n) is 6.99. The van der Waals surface area contributed by atoms with Crippen LogP contribution in [0.4, 0.5) is 0 Å². The molecule has 6 atom stereocenters. The normalized spacial score (nSPS) is 45.6. The predicted octanol–water partition coefficient (Wildman–Crippen LogP) is 6.42. The van der Waals surface area contributed by atoms with Crippen molar-refractivity contribution in [1.29, 1.82) is 0 Å². The molecule has 4 aliphatic rings. The Balaban J connectivity index is 1.56. The number of fused-ring (bicyclic) bond motifs is 5. The third-order valence-corrected chi connectivity index (χ3v) is 8.21. The van der Waals surface area contributed by atoms with Crippen LogP contribution >= 0.6 is 0 Å². The van der Waals surface area contributed by atoms with Gasteiger partial charge in [0, 0.05) is 6.42 Å². The van der Waals surface area contributed by atoms with Crippen LogP contribution in [0.3, 0.4) is 0 Å². The summed E-state index contributed by atoms with van der Waals surface area (Å²) in [5, 5.41) is 9.87. The smallest absolute Gasteiger partial charge is 0.0928 e. The second-order valence-electron chi connectivity index (χ2n) is 9.14. The van der Waals surface area contributed by atoms with Crippen LogP contribution in [0.5, 0.6) is 0 Å². The van der Waals surface area contributed by atoms with E-state index in [0.717, 1.165) is 30.1 Å². The first kappa shape index (κ1) is 15.8. The Labute approximate surface area is 142 Å². The van der Waals surface area contributed by atoms with Gasteiger partial charge in [-0.25, -0.2) is 0 Å². The third kappa shape index (κ3) is 2.50. The van der Waals surface area contributed by atoms with Gasteiger partial charge in [0.05, 0.1) is 5.76 Å². The van der Waals surface area contributed by atoms with Crippen LogP contribution in [0.1, 0.15) is 78.1 Å². The van der Waals surface area contributed by atoms with E-state index in [1.807, 2.05) is 6.08 Å². The van der Waals surface area contributed by atoms with Crippen molar-refractivity contribution in [2.75, 3.05) is 0 Å². The molecule has 1 nitrogen and oxygen atoms in total. The SMILES string of the molecule is CCCCC1CCC2C3CCC4CC(O)=CC=C4C3CC[C@]12C. The van der Waals surface area contributed by atoms with E-state index in [-0.39, 0.29) is 0 Å². The first-order valence-corrected chi connectivity index (χ1v) is 10.2. The number of hydrogen-bond acceptors (Lipinski definition) is 1. The lowest BCUT2D eigenvalue weighted by molar-refractivity contribution is 0.000125. The largest absolute Gasteiger partial charge is 0.512 e. The van der Waals surface area contributed by atoms with E-state index in [2.05, 4.69) is 19.9 Å². The highest BCUT2D eigenvalue weighted by Gasteiger charge is 2.55. The van der Waals surface area contributed by atoms with Gasteiger partial charge in [0.1, 0.15) is 0 Å². The summed E-state index contributed by atoms with van der Waals surface area (Å²) in [5.74, 6) is 5.01. The minimum Gasteiger partial charge on any atom is -0.512 e. The van der Waals surface area contributed by atoms with E-state index in [1.165, 1.54) is 57.8 Å². The lowest BCUT2D eigenvalue weighted by atomic mass is 9.52. The maximum absolute atomic E-state index is 9.87. The quantitative estimate of drug-likeness (QED) is 0.637. The van der Waals surface area contributed by atoms with Crippen LogP contribution < -0.4 is 0 Å². The molecule has 0 radical (unpaired) electrons. The van der Waals surface area contributed by atoms with Crippen molar-refractivity contribution < 1.29 is 5.11 Å². The van der Waals surface area contributed by atoms with Gasteiger partial charge in [-0.05, 0) is 86.0 Å². The van der Waals surface area contributed by atoms with Gasteiger partial charge in [-0.1, -0.05) is 38.3 Å². The summed E-state index contributed by atoms with van der Waals surface area (Å²) in [6.45, 7) is 4.99. The maximum Gasteiger partial charge on any atom is 0.0928 e. The first-order chi connectivity index (χ1) is 11.1. The molecule has 0 amide bonds. The number of aliphatic hydroxyl groups is 1. The third-order valence-electron chi connectivity index (χ3n) is 8.21. The van der Waals surface area contributed by atoms with Crippen LogP contribution in [-0.2, 0) is 0 Å². The summed E-state index contributed by atoms with van der Waals surface area (Å²) < 4.78 is 0. The molecule has 0 heterocycles. The van der Waals surface area contributed by atoms with E-state index in [9.17, 15) is 5.11 Å². The average molecular weight is 315 g/mol. The molecule has 0 aromatic heterocycles. The topological polar surface area (TPSA) is 20.2 Å². The molecular weight excluding hydrogens is 280 g/mol. The lowest BCUT2D eigenvalue weighted by Crippen LogP contribution is -2.45. The molecule has 128 valence electrons. The lowest BCUT2D eigenvalue weighted by Gasteiger charge is -2.53. The Bertz CT molecular complexity index is 516. The molecule has 0 aromatic rings. The first-order valence-electron chi connectivity index (χ1n) is 10.2. The van der Waals surface area contributed by atoms with Crippen molar-refractivity contribution >= 4 is 0 Å². The van der Waals surface area contributed by atoms with Gasteiger partial charge in [0.15, 0.2) is 0 Å². The Kier molecular flexibility index (Phi) is 4.10.